The molecular formula is C21H24N4O3. The predicted octanol–water partition coefficient (Wildman–Crippen LogP) is 2.92. The predicted molar refractivity (Wildman–Crippen MR) is 103 cm³/mol. The van der Waals surface area contributed by atoms with Crippen LogP contribution in [0.15, 0.2) is 51.5 Å². The quantitative estimate of drug-likeness (QED) is 0.655. The number of carbonyl (C=O) groups excluding carboxylic acids is 1. The molecule has 4 rings (SSSR count). The highest BCUT2D eigenvalue weighted by molar-refractivity contribution is 5.76. The molecule has 28 heavy (non-hydrogen) atoms. The van der Waals surface area contributed by atoms with Crippen LogP contribution in [0.25, 0.3) is 11.5 Å². The summed E-state index contributed by atoms with van der Waals surface area (Å²) in [5.74, 6) is 1.79. The van der Waals surface area contributed by atoms with Gasteiger partial charge in [-0.3, -0.25) is 9.69 Å². The maximum atomic E-state index is 12.5. The first-order valence-corrected chi connectivity index (χ1v) is 9.60. The van der Waals surface area contributed by atoms with Crippen molar-refractivity contribution in [2.24, 2.45) is 0 Å². The lowest BCUT2D eigenvalue weighted by molar-refractivity contribution is -0.133. The molecule has 3 aromatic rings. The summed E-state index contributed by atoms with van der Waals surface area (Å²) in [7, 11) is 0. The fourth-order valence-electron chi connectivity index (χ4n) is 3.44. The van der Waals surface area contributed by atoms with Crippen LogP contribution in [0.5, 0.6) is 0 Å². The number of nitrogens with zero attached hydrogens (tertiary/aromatic N) is 4. The van der Waals surface area contributed by atoms with Crippen molar-refractivity contribution in [2.75, 3.05) is 26.2 Å². The number of hydrogen-bond donors (Lipinski definition) is 0. The van der Waals surface area contributed by atoms with Gasteiger partial charge < -0.3 is 13.7 Å². The van der Waals surface area contributed by atoms with Crippen LogP contribution in [0.3, 0.4) is 0 Å². The lowest BCUT2D eigenvalue weighted by Gasteiger charge is -2.34. The summed E-state index contributed by atoms with van der Waals surface area (Å²) in [5.41, 5.74) is 2.10. The largest absolute Gasteiger partial charge is 0.469 e. The van der Waals surface area contributed by atoms with Crippen molar-refractivity contribution >= 4 is 5.91 Å². The van der Waals surface area contributed by atoms with Crippen molar-refractivity contribution in [3.05, 3.63) is 59.9 Å². The van der Waals surface area contributed by atoms with Crippen molar-refractivity contribution in [2.45, 2.75) is 26.3 Å². The Hall–Kier alpha value is -2.93. The van der Waals surface area contributed by atoms with Gasteiger partial charge in [0.1, 0.15) is 5.76 Å². The topological polar surface area (TPSA) is 75.6 Å². The summed E-state index contributed by atoms with van der Waals surface area (Å²) in [6.45, 7) is 6.08. The van der Waals surface area contributed by atoms with E-state index in [1.807, 2.05) is 17.9 Å². The number of carbonyl (C=O) groups is 1. The van der Waals surface area contributed by atoms with E-state index in [2.05, 4.69) is 39.4 Å². The van der Waals surface area contributed by atoms with Crippen molar-refractivity contribution in [3.63, 3.8) is 0 Å². The van der Waals surface area contributed by atoms with Gasteiger partial charge >= 0.3 is 0 Å². The van der Waals surface area contributed by atoms with Gasteiger partial charge in [-0.1, -0.05) is 30.3 Å². The molecule has 7 heteroatoms. The van der Waals surface area contributed by atoms with Crippen LogP contribution < -0.4 is 0 Å². The Balaban J connectivity index is 1.24. The van der Waals surface area contributed by atoms with E-state index in [4.69, 9.17) is 8.83 Å². The molecule has 0 saturated carbocycles. The molecule has 1 aliphatic rings. The minimum absolute atomic E-state index is 0.138. The summed E-state index contributed by atoms with van der Waals surface area (Å²) in [6, 6.07) is 12.2. The minimum atomic E-state index is 0.138. The average Bonchev–Trinajstić information content (AvgIpc) is 3.36. The maximum absolute atomic E-state index is 12.5. The van der Waals surface area contributed by atoms with Gasteiger partial charge in [0.05, 0.1) is 11.8 Å². The zero-order valence-electron chi connectivity index (χ0n) is 16.0. The van der Waals surface area contributed by atoms with E-state index in [1.165, 1.54) is 5.56 Å². The Kier molecular flexibility index (Phi) is 5.53. The molecule has 7 nitrogen and oxygen atoms in total. The molecule has 146 valence electrons. The molecule has 0 spiro atoms. The highest BCUT2D eigenvalue weighted by atomic mass is 16.4. The average molecular weight is 380 g/mol. The highest BCUT2D eigenvalue weighted by Gasteiger charge is 2.22. The summed E-state index contributed by atoms with van der Waals surface area (Å²) < 4.78 is 10.9. The lowest BCUT2D eigenvalue weighted by atomic mass is 10.2. The van der Waals surface area contributed by atoms with Crippen LogP contribution >= 0.6 is 0 Å². The summed E-state index contributed by atoms with van der Waals surface area (Å²) in [5, 5.41) is 8.10. The Labute approximate surface area is 164 Å². The molecular weight excluding hydrogens is 356 g/mol. The Morgan fingerprint density at radius 1 is 1.07 bits per heavy atom. The molecule has 0 atom stereocenters. The SMILES string of the molecule is Cc1occc1-c1nnc(CCC(=O)N2CCN(Cc3ccccc3)CC2)o1. The van der Waals surface area contributed by atoms with E-state index < -0.39 is 0 Å². The van der Waals surface area contributed by atoms with Gasteiger partial charge in [-0.25, -0.2) is 0 Å². The second-order valence-electron chi connectivity index (χ2n) is 7.03. The molecule has 0 N–H and O–H groups in total. The van der Waals surface area contributed by atoms with Crippen molar-refractivity contribution in [1.82, 2.24) is 20.0 Å². The molecule has 0 radical (unpaired) electrons. The normalized spacial score (nSPS) is 15.1. The third-order valence-corrected chi connectivity index (χ3v) is 5.08. The maximum Gasteiger partial charge on any atom is 0.251 e. The molecule has 1 fully saturated rings. The van der Waals surface area contributed by atoms with E-state index in [-0.39, 0.29) is 5.91 Å². The second-order valence-corrected chi connectivity index (χ2v) is 7.03. The van der Waals surface area contributed by atoms with Gasteiger partial charge in [0, 0.05) is 45.6 Å². The first-order chi connectivity index (χ1) is 13.7. The standard InChI is InChI=1S/C21H24N4O3/c1-16-18(9-14-27-16)21-23-22-19(28-21)7-8-20(26)25-12-10-24(11-13-25)15-17-5-3-2-4-6-17/h2-6,9,14H,7-8,10-13,15H2,1H3. The van der Waals surface area contributed by atoms with Gasteiger partial charge in [0.15, 0.2) is 0 Å². The number of benzene rings is 1. The zero-order chi connectivity index (χ0) is 19.3. The van der Waals surface area contributed by atoms with Crippen LogP contribution in [0.4, 0.5) is 0 Å². The number of piperazine rings is 1. The van der Waals surface area contributed by atoms with Gasteiger partial charge in [-0.05, 0) is 18.6 Å². The third-order valence-electron chi connectivity index (χ3n) is 5.08. The molecule has 1 amide bonds. The molecule has 2 aromatic heterocycles. The molecule has 0 aliphatic carbocycles. The van der Waals surface area contributed by atoms with E-state index >= 15 is 0 Å². The number of hydrogen-bond acceptors (Lipinski definition) is 6. The van der Waals surface area contributed by atoms with E-state index in [0.717, 1.165) is 44.0 Å². The fraction of sp³-hybridized carbons (Fsp3) is 0.381. The van der Waals surface area contributed by atoms with Crippen molar-refractivity contribution < 1.29 is 13.6 Å². The van der Waals surface area contributed by atoms with E-state index in [1.54, 1.807) is 12.3 Å². The Morgan fingerprint density at radius 3 is 2.57 bits per heavy atom. The third kappa shape index (κ3) is 4.31. The van der Waals surface area contributed by atoms with Gasteiger partial charge in [0.25, 0.3) is 5.89 Å². The molecule has 1 saturated heterocycles. The zero-order valence-corrected chi connectivity index (χ0v) is 16.0. The number of amides is 1. The lowest BCUT2D eigenvalue weighted by Crippen LogP contribution is -2.48. The molecule has 0 unspecified atom stereocenters. The number of aromatic nitrogens is 2. The van der Waals surface area contributed by atoms with Crippen molar-refractivity contribution in [1.29, 1.82) is 0 Å². The van der Waals surface area contributed by atoms with Crippen LogP contribution in [-0.2, 0) is 17.8 Å². The fourth-order valence-corrected chi connectivity index (χ4v) is 3.44. The number of furan rings is 1. The summed E-state index contributed by atoms with van der Waals surface area (Å²) in [6.07, 6.45) is 2.42. The monoisotopic (exact) mass is 380 g/mol. The summed E-state index contributed by atoms with van der Waals surface area (Å²) in [4.78, 5) is 16.8. The Morgan fingerprint density at radius 2 is 1.86 bits per heavy atom. The molecule has 1 aliphatic heterocycles. The van der Waals surface area contributed by atoms with E-state index in [9.17, 15) is 4.79 Å². The molecule has 0 bridgehead atoms. The minimum Gasteiger partial charge on any atom is -0.469 e. The second kappa shape index (κ2) is 8.39. The van der Waals surface area contributed by atoms with Crippen LogP contribution in [0.2, 0.25) is 0 Å². The van der Waals surface area contributed by atoms with Crippen molar-refractivity contribution in [3.8, 4) is 11.5 Å². The van der Waals surface area contributed by atoms with Gasteiger partial charge in [0.2, 0.25) is 11.8 Å². The number of aryl methyl sites for hydroxylation is 2. The highest BCUT2D eigenvalue weighted by Crippen LogP contribution is 2.23. The van der Waals surface area contributed by atoms with E-state index in [0.29, 0.717) is 24.6 Å². The van der Waals surface area contributed by atoms with Gasteiger partial charge in [-0.2, -0.15) is 0 Å². The van der Waals surface area contributed by atoms with Crippen LogP contribution in [0.1, 0.15) is 23.6 Å². The first-order valence-electron chi connectivity index (χ1n) is 9.60. The van der Waals surface area contributed by atoms with Crippen LogP contribution in [-0.4, -0.2) is 52.1 Å². The van der Waals surface area contributed by atoms with Crippen LogP contribution in [0, 0.1) is 6.92 Å². The summed E-state index contributed by atoms with van der Waals surface area (Å²) >= 11 is 0. The smallest absolute Gasteiger partial charge is 0.251 e. The molecule has 3 heterocycles. The first kappa shape index (κ1) is 18.4. The number of rotatable bonds is 6. The van der Waals surface area contributed by atoms with Gasteiger partial charge in [-0.15, -0.1) is 10.2 Å². The Bertz CT molecular complexity index is 911. The molecule has 1 aromatic carbocycles.